The number of nitrogens with one attached hydrogen (secondary N) is 2. The van der Waals surface area contributed by atoms with Crippen LogP contribution >= 0.6 is 0 Å². The molecule has 1 saturated heterocycles. The number of hydrogen-bond donors (Lipinski definition) is 2. The fourth-order valence-corrected chi connectivity index (χ4v) is 2.62. The highest BCUT2D eigenvalue weighted by atomic mass is 16.5. The molecule has 3 atom stereocenters. The number of ether oxygens (including phenoxy) is 2. The number of esters is 1. The van der Waals surface area contributed by atoms with Crippen LogP contribution in [0.4, 0.5) is 0 Å². The Hall–Kier alpha value is -1.92. The first kappa shape index (κ1) is 17.4. The predicted octanol–water partition coefficient (Wildman–Crippen LogP) is 0.745. The van der Waals surface area contributed by atoms with Crippen LogP contribution in [0.15, 0.2) is 24.3 Å². The Balaban J connectivity index is 2.02. The van der Waals surface area contributed by atoms with Crippen molar-refractivity contribution in [2.24, 2.45) is 0 Å². The zero-order valence-electron chi connectivity index (χ0n) is 13.8. The molecule has 1 aromatic rings. The predicted molar refractivity (Wildman–Crippen MR) is 86.2 cm³/mol. The highest BCUT2D eigenvalue weighted by Gasteiger charge is 2.30. The van der Waals surface area contributed by atoms with E-state index in [2.05, 4.69) is 10.6 Å². The van der Waals surface area contributed by atoms with Crippen molar-refractivity contribution in [2.45, 2.75) is 31.9 Å². The first-order chi connectivity index (χ1) is 11.0. The third kappa shape index (κ3) is 4.53. The number of hydrogen-bond acceptors (Lipinski definition) is 5. The number of carbonyl (C=O) groups excluding carboxylic acids is 2. The summed E-state index contributed by atoms with van der Waals surface area (Å²) in [5.74, 6) is -1.06. The lowest BCUT2D eigenvalue weighted by atomic mass is 9.98. The molecule has 1 heterocycles. The zero-order valence-corrected chi connectivity index (χ0v) is 13.8. The molecule has 2 N–H and O–H groups in total. The van der Waals surface area contributed by atoms with Crippen LogP contribution in [0.25, 0.3) is 0 Å². The van der Waals surface area contributed by atoms with Crippen molar-refractivity contribution in [1.82, 2.24) is 10.6 Å². The van der Waals surface area contributed by atoms with Crippen molar-refractivity contribution >= 4 is 11.9 Å². The molecule has 1 aliphatic rings. The van der Waals surface area contributed by atoms with Gasteiger partial charge in [0.05, 0.1) is 25.7 Å². The van der Waals surface area contributed by atoms with Crippen molar-refractivity contribution in [3.8, 4) is 0 Å². The summed E-state index contributed by atoms with van der Waals surface area (Å²) in [4.78, 5) is 24.3. The first-order valence-corrected chi connectivity index (χ1v) is 7.80. The lowest BCUT2D eigenvalue weighted by Gasteiger charge is -2.29. The maximum atomic E-state index is 12.3. The Bertz CT molecular complexity index is 544. The molecule has 1 amide bonds. The molecule has 6 nitrogen and oxygen atoms in total. The summed E-state index contributed by atoms with van der Waals surface area (Å²) in [5, 5.41) is 5.96. The van der Waals surface area contributed by atoms with Gasteiger partial charge >= 0.3 is 5.97 Å². The van der Waals surface area contributed by atoms with E-state index in [1.165, 1.54) is 7.11 Å². The van der Waals surface area contributed by atoms with Crippen LogP contribution in [0.2, 0.25) is 0 Å². The molecule has 23 heavy (non-hydrogen) atoms. The van der Waals surface area contributed by atoms with Gasteiger partial charge in [-0.3, -0.25) is 9.59 Å². The van der Waals surface area contributed by atoms with Crippen molar-refractivity contribution < 1.29 is 19.1 Å². The average molecular weight is 320 g/mol. The van der Waals surface area contributed by atoms with E-state index in [-0.39, 0.29) is 24.5 Å². The molecule has 0 bridgehead atoms. The molecule has 0 spiro atoms. The Morgan fingerprint density at radius 1 is 1.39 bits per heavy atom. The Morgan fingerprint density at radius 3 is 2.70 bits per heavy atom. The molecule has 0 aromatic heterocycles. The van der Waals surface area contributed by atoms with Gasteiger partial charge in [0.15, 0.2) is 0 Å². The summed E-state index contributed by atoms with van der Waals surface area (Å²) < 4.78 is 10.3. The van der Waals surface area contributed by atoms with E-state index < -0.39 is 12.0 Å². The molecule has 2 rings (SSSR count). The maximum absolute atomic E-state index is 12.3. The van der Waals surface area contributed by atoms with Gasteiger partial charge in [-0.25, -0.2) is 0 Å². The molecule has 0 aliphatic carbocycles. The lowest BCUT2D eigenvalue weighted by molar-refractivity contribution is -0.142. The van der Waals surface area contributed by atoms with Crippen LogP contribution < -0.4 is 10.6 Å². The van der Waals surface area contributed by atoms with Gasteiger partial charge in [-0.15, -0.1) is 0 Å². The summed E-state index contributed by atoms with van der Waals surface area (Å²) in [5.41, 5.74) is 1.93. The normalized spacial score (nSPS) is 22.2. The SMILES string of the molecule is COC(=O)C(CNC(=O)[C@H]1NCCO[C@@H]1C)c1ccc(C)cc1. The molecule has 1 fully saturated rings. The van der Waals surface area contributed by atoms with Crippen LogP contribution in [0.1, 0.15) is 24.0 Å². The highest BCUT2D eigenvalue weighted by molar-refractivity contribution is 5.84. The van der Waals surface area contributed by atoms with E-state index >= 15 is 0 Å². The van der Waals surface area contributed by atoms with E-state index in [4.69, 9.17) is 9.47 Å². The van der Waals surface area contributed by atoms with Gasteiger partial charge in [0.1, 0.15) is 6.04 Å². The standard InChI is InChI=1S/C17H24N2O4/c1-11-4-6-13(7-5-11)14(17(21)22-3)10-19-16(20)15-12(2)23-9-8-18-15/h4-7,12,14-15,18H,8-10H2,1-3H3,(H,19,20)/t12-,14?,15+/m1/s1. The quantitative estimate of drug-likeness (QED) is 0.783. The molecule has 0 radical (unpaired) electrons. The molecule has 6 heteroatoms. The highest BCUT2D eigenvalue weighted by Crippen LogP contribution is 2.17. The van der Waals surface area contributed by atoms with Crippen molar-refractivity contribution in [3.63, 3.8) is 0 Å². The van der Waals surface area contributed by atoms with E-state index in [0.717, 1.165) is 11.1 Å². The number of methoxy groups -OCH3 is 1. The molecular weight excluding hydrogens is 296 g/mol. The Kier molecular flexibility index (Phi) is 6.12. The maximum Gasteiger partial charge on any atom is 0.314 e. The second-order valence-corrected chi connectivity index (χ2v) is 5.74. The van der Waals surface area contributed by atoms with E-state index in [9.17, 15) is 9.59 Å². The van der Waals surface area contributed by atoms with Crippen LogP contribution in [-0.4, -0.2) is 50.8 Å². The average Bonchev–Trinajstić information content (AvgIpc) is 2.56. The Labute approximate surface area is 136 Å². The van der Waals surface area contributed by atoms with E-state index in [0.29, 0.717) is 13.2 Å². The molecule has 126 valence electrons. The minimum Gasteiger partial charge on any atom is -0.468 e. The van der Waals surface area contributed by atoms with Gasteiger partial charge in [-0.2, -0.15) is 0 Å². The lowest BCUT2D eigenvalue weighted by Crippen LogP contribution is -2.56. The fourth-order valence-electron chi connectivity index (χ4n) is 2.62. The molecule has 0 saturated carbocycles. The van der Waals surface area contributed by atoms with Crippen LogP contribution in [0.3, 0.4) is 0 Å². The second kappa shape index (κ2) is 8.08. The number of carbonyl (C=O) groups is 2. The van der Waals surface area contributed by atoms with Crippen LogP contribution in [0, 0.1) is 6.92 Å². The molecular formula is C17H24N2O4. The topological polar surface area (TPSA) is 76.7 Å². The van der Waals surface area contributed by atoms with E-state index in [1.807, 2.05) is 38.1 Å². The summed E-state index contributed by atoms with van der Waals surface area (Å²) in [6.07, 6.45) is -0.195. The van der Waals surface area contributed by atoms with Crippen molar-refractivity contribution in [2.75, 3.05) is 26.8 Å². The summed E-state index contributed by atoms with van der Waals surface area (Å²) in [6.45, 7) is 5.27. The van der Waals surface area contributed by atoms with Gasteiger partial charge in [0.25, 0.3) is 0 Å². The van der Waals surface area contributed by atoms with Crippen molar-refractivity contribution in [3.05, 3.63) is 35.4 Å². The van der Waals surface area contributed by atoms with Gasteiger partial charge in [-0.1, -0.05) is 29.8 Å². The number of benzene rings is 1. The number of aryl methyl sites for hydroxylation is 1. The largest absolute Gasteiger partial charge is 0.468 e. The molecule has 1 aliphatic heterocycles. The third-order valence-corrected chi connectivity index (χ3v) is 4.04. The zero-order chi connectivity index (χ0) is 16.8. The minimum absolute atomic E-state index is 0.168. The smallest absolute Gasteiger partial charge is 0.314 e. The third-order valence-electron chi connectivity index (χ3n) is 4.04. The first-order valence-electron chi connectivity index (χ1n) is 7.80. The van der Waals surface area contributed by atoms with Gasteiger partial charge in [0.2, 0.25) is 5.91 Å². The van der Waals surface area contributed by atoms with Crippen LogP contribution in [0.5, 0.6) is 0 Å². The van der Waals surface area contributed by atoms with Gasteiger partial charge < -0.3 is 20.1 Å². The molecule has 1 unspecified atom stereocenters. The summed E-state index contributed by atoms with van der Waals surface area (Å²) in [7, 11) is 1.35. The minimum atomic E-state index is -0.524. The molecule has 1 aromatic carbocycles. The second-order valence-electron chi connectivity index (χ2n) is 5.74. The van der Waals surface area contributed by atoms with E-state index in [1.54, 1.807) is 0 Å². The fraction of sp³-hybridized carbons (Fsp3) is 0.529. The monoisotopic (exact) mass is 320 g/mol. The summed E-state index contributed by atoms with van der Waals surface area (Å²) in [6, 6.07) is 7.23. The number of morpholine rings is 1. The van der Waals surface area contributed by atoms with Gasteiger partial charge in [-0.05, 0) is 19.4 Å². The summed E-state index contributed by atoms with van der Waals surface area (Å²) >= 11 is 0. The van der Waals surface area contributed by atoms with Crippen LogP contribution in [-0.2, 0) is 19.1 Å². The number of amides is 1. The van der Waals surface area contributed by atoms with Gasteiger partial charge in [0, 0.05) is 13.1 Å². The number of rotatable bonds is 5. The Morgan fingerprint density at radius 2 is 2.09 bits per heavy atom. The van der Waals surface area contributed by atoms with Crippen molar-refractivity contribution in [1.29, 1.82) is 0 Å².